The number of anilines is 3. The predicted octanol–water partition coefficient (Wildman–Crippen LogP) is 15.3. The second-order valence-electron chi connectivity index (χ2n) is 13.7. The van der Waals surface area contributed by atoms with Crippen LogP contribution in [0, 0.1) is 0 Å². The van der Waals surface area contributed by atoms with Crippen molar-refractivity contribution < 1.29 is 28.8 Å². The van der Waals surface area contributed by atoms with Crippen LogP contribution in [0.2, 0.25) is 0 Å². The molecule has 0 bridgehead atoms. The average Bonchev–Trinajstić information content (AvgIpc) is 3.68. The molecule has 10 rings (SSSR count). The largest absolute Gasteiger partial charge is 0.310 e. The van der Waals surface area contributed by atoms with Gasteiger partial charge in [-0.1, -0.05) is 189 Å². The lowest BCUT2D eigenvalue weighted by molar-refractivity contribution is 0.662. The summed E-state index contributed by atoms with van der Waals surface area (Å²) in [5.74, 6) is 0. The fraction of sp³-hybridized carbons (Fsp3) is 0.0545. The first-order valence-corrected chi connectivity index (χ1v) is 17.8. The van der Waals surface area contributed by atoms with Crippen molar-refractivity contribution in [3.63, 3.8) is 0 Å². The molecule has 0 aliphatic heterocycles. The molecule has 9 aromatic rings. The Morgan fingerprint density at radius 3 is 1.64 bits per heavy atom. The summed E-state index contributed by atoms with van der Waals surface area (Å²) in [5, 5.41) is 1.19. The Kier molecular flexibility index (Phi) is 4.44. The van der Waals surface area contributed by atoms with Gasteiger partial charge in [-0.25, -0.2) is 0 Å². The number of nitrogens with zero attached hydrogens (tertiary/aromatic N) is 1. The van der Waals surface area contributed by atoms with Gasteiger partial charge in [0.1, 0.15) is 0 Å². The van der Waals surface area contributed by atoms with Gasteiger partial charge in [0, 0.05) is 22.5 Å². The third-order valence-electron chi connectivity index (χ3n) is 10.0. The van der Waals surface area contributed by atoms with Gasteiger partial charge in [-0.05, 0) is 114 Å². The second kappa shape index (κ2) is 13.7. The summed E-state index contributed by atoms with van der Waals surface area (Å²) in [6.45, 7) is 3.95. The molecular formula is C55H41N. The maximum absolute atomic E-state index is 9.92. The normalized spacial score (nSPS) is 17.9. The minimum absolute atomic E-state index is 0.136. The van der Waals surface area contributed by atoms with Gasteiger partial charge in [0.25, 0.3) is 0 Å². The molecule has 0 unspecified atom stereocenters. The molecule has 0 aromatic heterocycles. The van der Waals surface area contributed by atoms with E-state index in [2.05, 4.69) is 0 Å². The van der Waals surface area contributed by atoms with Crippen LogP contribution in [0.15, 0.2) is 212 Å². The summed E-state index contributed by atoms with van der Waals surface area (Å²) in [4.78, 5) is 0.692. The molecule has 0 saturated heterocycles. The van der Waals surface area contributed by atoms with Crippen molar-refractivity contribution in [2.75, 3.05) is 4.90 Å². The Bertz CT molecular complexity index is 3990. The number of fused-ring (bicyclic) bond motifs is 4. The lowest BCUT2D eigenvalue weighted by Gasteiger charge is -2.27. The Hall–Kier alpha value is -6.96. The monoisotopic (exact) mass is 736 g/mol. The molecule has 0 saturated carbocycles. The van der Waals surface area contributed by atoms with Gasteiger partial charge in [-0.15, -0.1) is 0 Å². The van der Waals surface area contributed by atoms with E-state index in [1.807, 2.05) is 44.2 Å². The molecule has 0 atom stereocenters. The molecule has 0 fully saturated rings. The third kappa shape index (κ3) is 5.81. The zero-order valence-corrected chi connectivity index (χ0v) is 30.0. The molecule has 1 nitrogen and oxygen atoms in total. The molecule has 266 valence electrons. The zero-order valence-electron chi connectivity index (χ0n) is 51.0. The standard InChI is InChI=1S/C55H41N/c1-55(2)53-24-9-8-20-51(53)52-23-12-22-50(54(52)55)43-31-35-46(36-32-43)56(47-18-10-17-44(37-47)49-21-11-16-42-15-6-7-19-48(42)49)45-33-29-41(30-34-45)40-27-25-39(26-28-40)38-13-4-3-5-14-38/h3-37H,1-2H3/i3D,4D,5D,10D,13D,14D,17D,18D,25D,26D,27D,28D,29D,30D,31D,32D,33D,34D,35D,36D,37D. The molecule has 0 heterocycles. The van der Waals surface area contributed by atoms with Crippen LogP contribution >= 0.6 is 0 Å². The van der Waals surface area contributed by atoms with Gasteiger partial charge in [0.2, 0.25) is 0 Å². The molecule has 1 aliphatic carbocycles. The van der Waals surface area contributed by atoms with Crippen LogP contribution in [0.4, 0.5) is 17.1 Å². The number of hydrogen-bond acceptors (Lipinski definition) is 1. The minimum Gasteiger partial charge on any atom is -0.310 e. The van der Waals surface area contributed by atoms with Gasteiger partial charge < -0.3 is 4.90 Å². The second-order valence-corrected chi connectivity index (χ2v) is 13.7. The van der Waals surface area contributed by atoms with E-state index in [-0.39, 0.29) is 16.7 Å². The van der Waals surface area contributed by atoms with Crippen molar-refractivity contribution in [1.82, 2.24) is 0 Å². The van der Waals surface area contributed by atoms with Gasteiger partial charge >= 0.3 is 0 Å². The highest BCUT2D eigenvalue weighted by atomic mass is 15.1. The van der Waals surface area contributed by atoms with Crippen LogP contribution in [0.5, 0.6) is 0 Å². The maximum atomic E-state index is 9.92. The fourth-order valence-electron chi connectivity index (χ4n) is 7.45. The smallest absolute Gasteiger partial charge is 0.0651 e. The number of benzene rings is 9. The quantitative estimate of drug-likeness (QED) is 0.157. The highest BCUT2D eigenvalue weighted by molar-refractivity contribution is 5.97. The molecule has 56 heavy (non-hydrogen) atoms. The zero-order chi connectivity index (χ0) is 55.9. The Morgan fingerprint density at radius 1 is 0.393 bits per heavy atom. The van der Waals surface area contributed by atoms with Crippen LogP contribution in [-0.2, 0) is 5.41 Å². The highest BCUT2D eigenvalue weighted by Gasteiger charge is 2.37. The summed E-state index contributed by atoms with van der Waals surface area (Å²) in [6, 6.07) is 7.06. The molecule has 1 aliphatic rings. The van der Waals surface area contributed by atoms with Crippen LogP contribution in [0.1, 0.15) is 53.8 Å². The van der Waals surface area contributed by atoms with E-state index in [0.29, 0.717) is 26.8 Å². The van der Waals surface area contributed by atoms with Crippen LogP contribution in [0.25, 0.3) is 66.4 Å². The Morgan fingerprint density at radius 2 is 0.911 bits per heavy atom. The summed E-state index contributed by atoms with van der Waals surface area (Å²) < 4.78 is 193. The van der Waals surface area contributed by atoms with E-state index in [1.54, 1.807) is 54.6 Å². The first-order chi connectivity index (χ1) is 36.3. The molecule has 1 heteroatoms. The fourth-order valence-corrected chi connectivity index (χ4v) is 7.45. The van der Waals surface area contributed by atoms with Crippen LogP contribution in [0.3, 0.4) is 0 Å². The average molecular weight is 737 g/mol. The summed E-state index contributed by atoms with van der Waals surface area (Å²) >= 11 is 0. The Labute approximate surface area is 359 Å². The van der Waals surface area contributed by atoms with Gasteiger partial charge in [0.05, 0.1) is 28.8 Å². The van der Waals surface area contributed by atoms with Crippen molar-refractivity contribution in [3.05, 3.63) is 223 Å². The van der Waals surface area contributed by atoms with E-state index >= 15 is 0 Å². The van der Waals surface area contributed by atoms with E-state index in [9.17, 15) is 16.4 Å². The Balaban J connectivity index is 1.29. The summed E-state index contributed by atoms with van der Waals surface area (Å²) in [7, 11) is 0. The summed E-state index contributed by atoms with van der Waals surface area (Å²) in [6.07, 6.45) is 0. The third-order valence-corrected chi connectivity index (χ3v) is 10.0. The van der Waals surface area contributed by atoms with Crippen LogP contribution < -0.4 is 4.90 Å². The number of hydrogen-bond donors (Lipinski definition) is 0. The number of rotatable bonds is 7. The van der Waals surface area contributed by atoms with Crippen molar-refractivity contribution >= 4 is 27.8 Å². The van der Waals surface area contributed by atoms with Crippen molar-refractivity contribution in [1.29, 1.82) is 0 Å². The van der Waals surface area contributed by atoms with Crippen molar-refractivity contribution in [2.45, 2.75) is 19.3 Å². The SMILES string of the molecule is [2H]c1c([2H])c([2H])c(-c2c([2H])c([2H])c(-c3c([2H])c([2H])c(N(c4c([2H])c([2H])c(-c5cccc6c5C(C)(C)c5ccccc5-6)c([2H])c4[2H])c4c([2H])c([2H])c([2H])c(-c5cccc6ccccc56)c4[2H])c([2H])c3[2H])c([2H])c2[2H])c([2H])c1[2H]. The first kappa shape index (κ1) is 18.1. The molecule has 0 radical (unpaired) electrons. The lowest BCUT2D eigenvalue weighted by atomic mass is 9.79. The predicted molar refractivity (Wildman–Crippen MR) is 238 cm³/mol. The van der Waals surface area contributed by atoms with E-state index in [0.717, 1.165) is 16.7 Å². The van der Waals surface area contributed by atoms with E-state index in [4.69, 9.17) is 12.3 Å². The van der Waals surface area contributed by atoms with Gasteiger partial charge in [-0.2, -0.15) is 0 Å². The molecule has 0 amide bonds. The summed E-state index contributed by atoms with van der Waals surface area (Å²) in [5.41, 5.74) is -2.38. The minimum atomic E-state index is -1.05. The molecular weight excluding hydrogens is 675 g/mol. The first-order valence-electron chi connectivity index (χ1n) is 28.3. The van der Waals surface area contributed by atoms with Crippen molar-refractivity contribution in [3.8, 4) is 55.6 Å². The lowest BCUT2D eigenvalue weighted by Crippen LogP contribution is -2.16. The van der Waals surface area contributed by atoms with E-state index < -0.39 is 172 Å². The van der Waals surface area contributed by atoms with Gasteiger partial charge in [-0.3, -0.25) is 0 Å². The van der Waals surface area contributed by atoms with Crippen molar-refractivity contribution in [2.24, 2.45) is 0 Å². The van der Waals surface area contributed by atoms with Gasteiger partial charge in [0.15, 0.2) is 0 Å². The topological polar surface area (TPSA) is 3.24 Å². The van der Waals surface area contributed by atoms with Crippen LogP contribution in [-0.4, -0.2) is 0 Å². The maximum Gasteiger partial charge on any atom is 0.0651 e. The molecule has 0 N–H and O–H groups in total. The highest BCUT2D eigenvalue weighted by Crippen LogP contribution is 2.52. The molecule has 0 spiro atoms. The molecule has 9 aromatic carbocycles. The van der Waals surface area contributed by atoms with E-state index in [1.165, 1.54) is 0 Å².